The van der Waals surface area contributed by atoms with E-state index in [1.807, 2.05) is 0 Å². The molecule has 0 radical (unpaired) electrons. The molecule has 0 aromatic heterocycles. The van der Waals surface area contributed by atoms with Crippen molar-refractivity contribution < 1.29 is 5.11 Å². The van der Waals surface area contributed by atoms with Crippen LogP contribution in [0.25, 0.3) is 0 Å². The second kappa shape index (κ2) is 6.82. The SMILES string of the molecule is CCCCB=NCO. The van der Waals surface area contributed by atoms with Gasteiger partial charge in [-0.1, -0.05) is 0 Å². The summed E-state index contributed by atoms with van der Waals surface area (Å²) in [5, 5.41) is 8.17. The summed E-state index contributed by atoms with van der Waals surface area (Å²) in [7, 11) is 1.77. The zero-order chi connectivity index (χ0) is 6.24. The van der Waals surface area contributed by atoms with Crippen molar-refractivity contribution in [1.29, 1.82) is 0 Å². The topological polar surface area (TPSA) is 32.6 Å². The third kappa shape index (κ3) is 5.82. The van der Waals surface area contributed by atoms with Crippen LogP contribution in [-0.4, -0.2) is 18.9 Å². The molecular formula is C5H12BNO. The van der Waals surface area contributed by atoms with E-state index in [1.54, 1.807) is 7.07 Å². The normalized spacial score (nSPS) is 9.75. The number of hydrogen-bond acceptors (Lipinski definition) is 2. The van der Waals surface area contributed by atoms with E-state index in [0.717, 1.165) is 6.32 Å². The molecule has 0 aromatic rings. The van der Waals surface area contributed by atoms with Crippen molar-refractivity contribution in [2.24, 2.45) is 4.90 Å². The standard InChI is InChI=1S/C5H12BNO/c1-2-3-4-6-7-5-8/h8H,2-5H2,1H3. The van der Waals surface area contributed by atoms with Crippen molar-refractivity contribution in [3.05, 3.63) is 0 Å². The van der Waals surface area contributed by atoms with Gasteiger partial charge in [-0.15, -0.1) is 0 Å². The third-order valence-electron chi connectivity index (χ3n) is 0.898. The first-order valence-corrected chi connectivity index (χ1v) is 3.01. The summed E-state index contributed by atoms with van der Waals surface area (Å²) in [6.07, 6.45) is 3.36. The van der Waals surface area contributed by atoms with Crippen LogP contribution in [0.15, 0.2) is 4.90 Å². The summed E-state index contributed by atoms with van der Waals surface area (Å²) in [4.78, 5) is 3.64. The molecular weight excluding hydrogens is 101 g/mol. The van der Waals surface area contributed by atoms with Gasteiger partial charge in [0, 0.05) is 0 Å². The summed E-state index contributed by atoms with van der Waals surface area (Å²) < 4.78 is 0. The Hall–Kier alpha value is -0.175. The molecule has 46 valence electrons. The van der Waals surface area contributed by atoms with Crippen molar-refractivity contribution in [3.63, 3.8) is 0 Å². The maximum absolute atomic E-state index is 8.17. The van der Waals surface area contributed by atoms with Crippen molar-refractivity contribution in [1.82, 2.24) is 0 Å². The van der Waals surface area contributed by atoms with Gasteiger partial charge in [-0.3, -0.25) is 0 Å². The molecule has 0 spiro atoms. The fourth-order valence-corrected chi connectivity index (χ4v) is 0.444. The Morgan fingerprint density at radius 1 is 1.62 bits per heavy atom. The van der Waals surface area contributed by atoms with E-state index in [-0.39, 0.29) is 6.73 Å². The monoisotopic (exact) mass is 113 g/mol. The molecule has 0 rings (SSSR count). The van der Waals surface area contributed by atoms with Gasteiger partial charge in [0.15, 0.2) is 0 Å². The number of unbranched alkanes of at least 4 members (excludes halogenated alkanes) is 1. The summed E-state index contributed by atoms with van der Waals surface area (Å²) >= 11 is 0. The third-order valence-corrected chi connectivity index (χ3v) is 0.898. The van der Waals surface area contributed by atoms with Gasteiger partial charge < -0.3 is 0 Å². The zero-order valence-electron chi connectivity index (χ0n) is 5.30. The van der Waals surface area contributed by atoms with Crippen LogP contribution >= 0.6 is 0 Å². The summed E-state index contributed by atoms with van der Waals surface area (Å²) in [6, 6.07) is 0. The second-order valence-electron chi connectivity index (χ2n) is 1.65. The molecule has 0 bridgehead atoms. The first-order chi connectivity index (χ1) is 3.91. The number of nitrogens with zero attached hydrogens (tertiary/aromatic N) is 1. The summed E-state index contributed by atoms with van der Waals surface area (Å²) in [6.45, 7) is 2.07. The maximum atomic E-state index is 8.17. The molecule has 0 saturated carbocycles. The first kappa shape index (κ1) is 7.82. The van der Waals surface area contributed by atoms with E-state index in [2.05, 4.69) is 11.8 Å². The van der Waals surface area contributed by atoms with Crippen LogP contribution in [0.4, 0.5) is 0 Å². The summed E-state index contributed by atoms with van der Waals surface area (Å²) in [5.74, 6) is 0. The fraction of sp³-hybridized carbons (Fsp3) is 1.00. The molecule has 0 aliphatic heterocycles. The molecule has 3 heteroatoms. The van der Waals surface area contributed by atoms with Crippen molar-refractivity contribution in [3.8, 4) is 0 Å². The van der Waals surface area contributed by atoms with E-state index >= 15 is 0 Å². The van der Waals surface area contributed by atoms with Crippen LogP contribution in [0.2, 0.25) is 6.32 Å². The second-order valence-corrected chi connectivity index (χ2v) is 1.65. The van der Waals surface area contributed by atoms with Gasteiger partial charge in [0.1, 0.15) is 0 Å². The van der Waals surface area contributed by atoms with Crippen LogP contribution < -0.4 is 0 Å². The van der Waals surface area contributed by atoms with Gasteiger partial charge >= 0.3 is 49.9 Å². The molecule has 0 aliphatic rings. The average Bonchev–Trinajstić information content (AvgIpc) is 1.81. The molecule has 0 aliphatic carbocycles. The van der Waals surface area contributed by atoms with Gasteiger partial charge in [-0.05, 0) is 0 Å². The molecule has 0 unspecified atom stereocenters. The molecule has 2 nitrogen and oxygen atoms in total. The molecule has 0 fully saturated rings. The number of aliphatic hydroxyl groups excluding tert-OH is 1. The van der Waals surface area contributed by atoms with E-state index < -0.39 is 0 Å². The Kier molecular flexibility index (Phi) is 6.68. The van der Waals surface area contributed by atoms with Crippen molar-refractivity contribution >= 4 is 7.07 Å². The van der Waals surface area contributed by atoms with Crippen LogP contribution in [-0.2, 0) is 0 Å². The molecule has 0 heterocycles. The predicted molar refractivity (Wildman–Crippen MR) is 35.0 cm³/mol. The number of rotatable bonds is 4. The Morgan fingerprint density at radius 2 is 2.38 bits per heavy atom. The fourth-order valence-electron chi connectivity index (χ4n) is 0.444. The Balaban J connectivity index is 2.80. The summed E-state index contributed by atoms with van der Waals surface area (Å²) in [5.41, 5.74) is 0. The van der Waals surface area contributed by atoms with E-state index in [0.29, 0.717) is 0 Å². The van der Waals surface area contributed by atoms with Crippen LogP contribution in [0.5, 0.6) is 0 Å². The van der Waals surface area contributed by atoms with Crippen LogP contribution in [0.3, 0.4) is 0 Å². The van der Waals surface area contributed by atoms with E-state index in [4.69, 9.17) is 5.11 Å². The Bertz CT molecular complexity index is 65.4. The molecule has 0 aromatic carbocycles. The minimum atomic E-state index is -0.0658. The molecule has 8 heavy (non-hydrogen) atoms. The molecule has 0 saturated heterocycles. The number of hydrogen-bond donors (Lipinski definition) is 1. The van der Waals surface area contributed by atoms with E-state index in [1.165, 1.54) is 12.8 Å². The first-order valence-electron chi connectivity index (χ1n) is 3.01. The average molecular weight is 113 g/mol. The van der Waals surface area contributed by atoms with Gasteiger partial charge in [0.25, 0.3) is 0 Å². The minimum absolute atomic E-state index is 0.0658. The Morgan fingerprint density at radius 3 is 2.88 bits per heavy atom. The van der Waals surface area contributed by atoms with Gasteiger partial charge in [0.2, 0.25) is 0 Å². The van der Waals surface area contributed by atoms with Gasteiger partial charge in [-0.25, -0.2) is 0 Å². The van der Waals surface area contributed by atoms with Crippen molar-refractivity contribution in [2.75, 3.05) is 6.73 Å². The van der Waals surface area contributed by atoms with Crippen LogP contribution in [0.1, 0.15) is 19.8 Å². The predicted octanol–water partition coefficient (Wildman–Crippen LogP) is 1.04. The van der Waals surface area contributed by atoms with Crippen LogP contribution in [0, 0.1) is 0 Å². The van der Waals surface area contributed by atoms with Gasteiger partial charge in [-0.2, -0.15) is 0 Å². The zero-order valence-corrected chi connectivity index (χ0v) is 5.30. The molecule has 0 atom stereocenters. The van der Waals surface area contributed by atoms with Gasteiger partial charge in [0.05, 0.1) is 0 Å². The number of aliphatic hydroxyl groups is 1. The van der Waals surface area contributed by atoms with E-state index in [9.17, 15) is 0 Å². The quantitative estimate of drug-likeness (QED) is 0.428. The van der Waals surface area contributed by atoms with Crippen molar-refractivity contribution in [2.45, 2.75) is 26.1 Å². The molecule has 0 amide bonds. The molecule has 1 N–H and O–H groups in total. The Labute approximate surface area is 50.9 Å².